The Bertz CT molecular complexity index is 257. The van der Waals surface area contributed by atoms with Crippen molar-refractivity contribution in [3.63, 3.8) is 0 Å². The van der Waals surface area contributed by atoms with Crippen molar-refractivity contribution in [2.75, 3.05) is 12.8 Å². The molecule has 4 nitrogen and oxygen atoms in total. The van der Waals surface area contributed by atoms with Gasteiger partial charge in [-0.15, -0.1) is 11.8 Å². The molecule has 0 saturated heterocycles. The third-order valence-corrected chi connectivity index (χ3v) is 3.53. The quantitative estimate of drug-likeness (QED) is 0.594. The molecule has 0 aromatic rings. The van der Waals surface area contributed by atoms with Gasteiger partial charge in [0.15, 0.2) is 10.8 Å². The zero-order chi connectivity index (χ0) is 10.0. The van der Waals surface area contributed by atoms with E-state index in [4.69, 9.17) is 5.11 Å². The van der Waals surface area contributed by atoms with Crippen molar-refractivity contribution < 1.29 is 9.90 Å². The first kappa shape index (κ1) is 10.7. The molecule has 2 N–H and O–H groups in total. The van der Waals surface area contributed by atoms with Crippen LogP contribution >= 0.6 is 27.7 Å². The van der Waals surface area contributed by atoms with E-state index in [1.807, 2.05) is 18.9 Å². The lowest BCUT2D eigenvalue weighted by atomic mass is 10.5. The first-order valence-corrected chi connectivity index (χ1v) is 5.71. The molecule has 0 saturated carbocycles. The van der Waals surface area contributed by atoms with E-state index >= 15 is 0 Å². The summed E-state index contributed by atoms with van der Waals surface area (Å²) < 4.78 is 0. The minimum atomic E-state index is -0.912. The molecule has 0 radical (unpaired) electrons. The lowest BCUT2D eigenvalue weighted by Gasteiger charge is -2.18. The molecule has 13 heavy (non-hydrogen) atoms. The standard InChI is InChI=1S/C7H11BrN2O2S/c1-3-13-5-4(6(11)12)9-7(8)10(5)2/h7,9H,3H2,1-2H3,(H,11,12). The Kier molecular flexibility index (Phi) is 3.49. The Morgan fingerprint density at radius 2 is 2.46 bits per heavy atom. The van der Waals surface area contributed by atoms with Gasteiger partial charge in [-0.2, -0.15) is 0 Å². The highest BCUT2D eigenvalue weighted by molar-refractivity contribution is 9.09. The number of carbonyl (C=O) groups is 1. The third-order valence-electron chi connectivity index (χ3n) is 1.63. The second kappa shape index (κ2) is 4.23. The number of rotatable bonds is 3. The minimum Gasteiger partial charge on any atom is -0.477 e. The number of hydrogen-bond donors (Lipinski definition) is 2. The predicted octanol–water partition coefficient (Wildman–Crippen LogP) is 1.21. The van der Waals surface area contributed by atoms with Gasteiger partial charge in [0.05, 0.1) is 0 Å². The smallest absolute Gasteiger partial charge is 0.354 e. The molecule has 1 unspecified atom stereocenters. The fraction of sp³-hybridized carbons (Fsp3) is 0.571. The van der Waals surface area contributed by atoms with Gasteiger partial charge < -0.3 is 15.3 Å². The molecule has 1 atom stereocenters. The molecular weight excluding hydrogens is 256 g/mol. The summed E-state index contributed by atoms with van der Waals surface area (Å²) in [7, 11) is 1.85. The molecule has 1 aliphatic rings. The third kappa shape index (κ3) is 2.11. The van der Waals surface area contributed by atoms with E-state index in [-0.39, 0.29) is 10.8 Å². The van der Waals surface area contributed by atoms with Crippen molar-refractivity contribution >= 4 is 33.7 Å². The van der Waals surface area contributed by atoms with Crippen LogP contribution in [0.4, 0.5) is 0 Å². The van der Waals surface area contributed by atoms with Gasteiger partial charge in [0.2, 0.25) is 0 Å². The lowest BCUT2D eigenvalue weighted by Crippen LogP contribution is -2.29. The summed E-state index contributed by atoms with van der Waals surface area (Å²) in [5.74, 6) is -0.0533. The van der Waals surface area contributed by atoms with E-state index in [0.29, 0.717) is 0 Å². The van der Waals surface area contributed by atoms with Gasteiger partial charge in [-0.05, 0) is 21.7 Å². The van der Waals surface area contributed by atoms with E-state index in [1.165, 1.54) is 11.8 Å². The Morgan fingerprint density at radius 3 is 2.92 bits per heavy atom. The zero-order valence-electron chi connectivity index (χ0n) is 7.37. The molecule has 0 amide bonds. The molecule has 0 aromatic carbocycles. The summed E-state index contributed by atoms with van der Waals surface area (Å²) in [5, 5.41) is 12.4. The molecule has 1 aliphatic heterocycles. The molecule has 0 spiro atoms. The lowest BCUT2D eigenvalue weighted by molar-refractivity contribution is -0.133. The average molecular weight is 267 g/mol. The SMILES string of the molecule is CCSC1=C(C(=O)O)NC(Br)N1C. The largest absolute Gasteiger partial charge is 0.477 e. The normalized spacial score (nSPS) is 22.1. The van der Waals surface area contributed by atoms with Crippen LogP contribution in [-0.2, 0) is 4.79 Å². The summed E-state index contributed by atoms with van der Waals surface area (Å²) in [4.78, 5) is 12.7. The van der Waals surface area contributed by atoms with Crippen LogP contribution in [-0.4, -0.2) is 33.9 Å². The monoisotopic (exact) mass is 266 g/mol. The predicted molar refractivity (Wildman–Crippen MR) is 56.4 cm³/mol. The number of carboxylic acids is 1. The van der Waals surface area contributed by atoms with Crippen molar-refractivity contribution in [3.05, 3.63) is 10.7 Å². The van der Waals surface area contributed by atoms with Gasteiger partial charge in [-0.1, -0.05) is 6.92 Å². The summed E-state index contributed by atoms with van der Waals surface area (Å²) in [6.45, 7) is 1.99. The maximum Gasteiger partial charge on any atom is 0.354 e. The van der Waals surface area contributed by atoms with Crippen LogP contribution < -0.4 is 5.32 Å². The van der Waals surface area contributed by atoms with Gasteiger partial charge in [0, 0.05) is 7.05 Å². The van der Waals surface area contributed by atoms with Gasteiger partial charge in [0.1, 0.15) is 5.03 Å². The van der Waals surface area contributed by atoms with Gasteiger partial charge in [-0.25, -0.2) is 4.79 Å². The summed E-state index contributed by atoms with van der Waals surface area (Å²) >= 11 is 4.84. The minimum absolute atomic E-state index is 0.118. The average Bonchev–Trinajstić information content (AvgIpc) is 2.33. The molecule has 0 aromatic heterocycles. The number of nitrogens with one attached hydrogen (secondary N) is 1. The topological polar surface area (TPSA) is 52.6 Å². The summed E-state index contributed by atoms with van der Waals surface area (Å²) in [5.41, 5.74) is 0.274. The maximum absolute atomic E-state index is 10.8. The summed E-state index contributed by atoms with van der Waals surface area (Å²) in [6, 6.07) is 0. The Morgan fingerprint density at radius 1 is 1.85 bits per heavy atom. The number of thioether (sulfide) groups is 1. The molecule has 0 fully saturated rings. The highest BCUT2D eigenvalue weighted by atomic mass is 79.9. The van der Waals surface area contributed by atoms with Gasteiger partial charge >= 0.3 is 5.97 Å². The fourth-order valence-electron chi connectivity index (χ4n) is 1.02. The number of alkyl halides is 1. The van der Waals surface area contributed by atoms with Crippen molar-refractivity contribution in [3.8, 4) is 0 Å². The molecule has 0 aliphatic carbocycles. The van der Waals surface area contributed by atoms with Gasteiger partial charge in [-0.3, -0.25) is 0 Å². The Labute approximate surface area is 89.5 Å². The molecule has 0 bridgehead atoms. The van der Waals surface area contributed by atoms with Crippen molar-refractivity contribution in [1.29, 1.82) is 0 Å². The van der Waals surface area contributed by atoms with Crippen LogP contribution in [0.15, 0.2) is 10.7 Å². The van der Waals surface area contributed by atoms with Crippen LogP contribution in [0.25, 0.3) is 0 Å². The van der Waals surface area contributed by atoms with E-state index < -0.39 is 5.97 Å². The summed E-state index contributed by atoms with van der Waals surface area (Å²) in [6.07, 6.45) is 0. The van der Waals surface area contributed by atoms with E-state index in [1.54, 1.807) is 0 Å². The highest BCUT2D eigenvalue weighted by Crippen LogP contribution is 2.30. The van der Waals surface area contributed by atoms with Crippen LogP contribution in [0.1, 0.15) is 6.92 Å². The second-order valence-electron chi connectivity index (χ2n) is 2.51. The van der Waals surface area contributed by atoms with Crippen LogP contribution in [0.2, 0.25) is 0 Å². The molecule has 6 heteroatoms. The number of halogens is 1. The van der Waals surface area contributed by atoms with Crippen LogP contribution in [0.5, 0.6) is 0 Å². The zero-order valence-corrected chi connectivity index (χ0v) is 9.78. The number of aliphatic carboxylic acids is 1. The molecule has 74 valence electrons. The number of carboxylic acid groups (broad SMARTS) is 1. The number of nitrogens with zero attached hydrogens (tertiary/aromatic N) is 1. The van der Waals surface area contributed by atoms with Crippen molar-refractivity contribution in [2.45, 2.75) is 12.0 Å². The first-order valence-electron chi connectivity index (χ1n) is 3.81. The van der Waals surface area contributed by atoms with Crippen LogP contribution in [0, 0.1) is 0 Å². The molecular formula is C7H11BrN2O2S. The van der Waals surface area contributed by atoms with Crippen molar-refractivity contribution in [2.24, 2.45) is 0 Å². The fourth-order valence-corrected chi connectivity index (χ4v) is 2.46. The van der Waals surface area contributed by atoms with Gasteiger partial charge in [0.25, 0.3) is 0 Å². The highest BCUT2D eigenvalue weighted by Gasteiger charge is 2.30. The Balaban J connectivity index is 2.89. The van der Waals surface area contributed by atoms with E-state index in [2.05, 4.69) is 21.2 Å². The van der Waals surface area contributed by atoms with Crippen molar-refractivity contribution in [1.82, 2.24) is 10.2 Å². The molecule has 1 heterocycles. The van der Waals surface area contributed by atoms with E-state index in [9.17, 15) is 4.79 Å². The maximum atomic E-state index is 10.8. The first-order chi connectivity index (χ1) is 6.07. The second-order valence-corrected chi connectivity index (χ2v) is 4.63. The Hall–Kier alpha value is -0.360. The molecule has 1 rings (SSSR count). The number of hydrogen-bond acceptors (Lipinski definition) is 4. The van der Waals surface area contributed by atoms with Crippen LogP contribution in [0.3, 0.4) is 0 Å². The van der Waals surface area contributed by atoms with E-state index in [0.717, 1.165) is 10.8 Å².